The monoisotopic (exact) mass is 448 g/mol. The number of halogens is 2. The predicted octanol–water partition coefficient (Wildman–Crippen LogP) is 4.67. The molecule has 0 aliphatic heterocycles. The van der Waals surface area contributed by atoms with Crippen molar-refractivity contribution in [2.75, 3.05) is 15.5 Å². The fourth-order valence-corrected chi connectivity index (χ4v) is 3.49. The topological polar surface area (TPSA) is 103 Å². The third-order valence-corrected chi connectivity index (χ3v) is 5.28. The molecule has 1 aliphatic rings. The number of carbonyl (C=O) groups is 2. The molecule has 0 saturated heterocycles. The highest BCUT2D eigenvalue weighted by atomic mass is 19.2. The van der Waals surface area contributed by atoms with Crippen LogP contribution in [0.3, 0.4) is 0 Å². The van der Waals surface area contributed by atoms with Crippen LogP contribution in [0.4, 0.5) is 30.9 Å². The second-order valence-corrected chi connectivity index (χ2v) is 7.64. The molecule has 0 spiro atoms. The minimum Gasteiger partial charge on any atom is -0.346 e. The van der Waals surface area contributed by atoms with Gasteiger partial charge in [0.15, 0.2) is 11.6 Å². The van der Waals surface area contributed by atoms with Crippen molar-refractivity contribution in [2.45, 2.75) is 18.9 Å². The van der Waals surface area contributed by atoms with Gasteiger partial charge in [0, 0.05) is 40.6 Å². The number of H-pyrrole nitrogens is 1. The second-order valence-electron chi connectivity index (χ2n) is 7.64. The minimum atomic E-state index is -1.05. The molecule has 2 heterocycles. The Morgan fingerprint density at radius 3 is 2.42 bits per heavy atom. The molecule has 33 heavy (non-hydrogen) atoms. The standard InChI is InChI=1S/C23H18F2N6O2/c24-18-8-5-15(11-19(18)25)28-23(33)27-14-3-1-13(2-4-14)20-17-9-10-26-21(17)30-22(29-20)31(12-32)16-6-7-16/h1-5,8-12,16H,6-7H2,(H,26,29,30)(H2,27,28,33). The largest absolute Gasteiger partial charge is 0.346 e. The van der Waals surface area contributed by atoms with Crippen molar-refractivity contribution in [3.63, 3.8) is 0 Å². The fourth-order valence-electron chi connectivity index (χ4n) is 3.49. The van der Waals surface area contributed by atoms with E-state index in [1.807, 2.05) is 6.07 Å². The lowest BCUT2D eigenvalue weighted by Crippen LogP contribution is -2.25. The summed E-state index contributed by atoms with van der Waals surface area (Å²) >= 11 is 0. The van der Waals surface area contributed by atoms with Gasteiger partial charge in [-0.3, -0.25) is 9.69 Å². The number of nitrogens with one attached hydrogen (secondary N) is 3. The maximum absolute atomic E-state index is 13.3. The SMILES string of the molecule is O=CN(c1nc(-c2ccc(NC(=O)Nc3ccc(F)c(F)c3)cc2)c2cc[nH]c2n1)C1CC1. The molecule has 1 fully saturated rings. The molecule has 3 amide bonds. The molecule has 5 rings (SSSR count). The van der Waals surface area contributed by atoms with Gasteiger partial charge in [0.05, 0.1) is 5.69 Å². The van der Waals surface area contributed by atoms with E-state index in [0.29, 0.717) is 23.0 Å². The first kappa shape index (κ1) is 20.6. The third-order valence-electron chi connectivity index (χ3n) is 5.28. The molecule has 2 aromatic carbocycles. The summed E-state index contributed by atoms with van der Waals surface area (Å²) in [7, 11) is 0. The molecule has 0 radical (unpaired) electrons. The average molecular weight is 448 g/mol. The third kappa shape index (κ3) is 4.22. The van der Waals surface area contributed by atoms with Crippen molar-refractivity contribution >= 4 is 40.8 Å². The molecule has 1 aliphatic carbocycles. The van der Waals surface area contributed by atoms with E-state index in [1.165, 1.54) is 6.07 Å². The number of urea groups is 1. The van der Waals surface area contributed by atoms with Crippen molar-refractivity contribution in [1.82, 2.24) is 15.0 Å². The number of hydrogen-bond acceptors (Lipinski definition) is 4. The van der Waals surface area contributed by atoms with Crippen molar-refractivity contribution < 1.29 is 18.4 Å². The van der Waals surface area contributed by atoms with Gasteiger partial charge in [0.1, 0.15) is 5.65 Å². The first-order valence-corrected chi connectivity index (χ1v) is 10.2. The Balaban J connectivity index is 1.37. The number of hydrogen-bond donors (Lipinski definition) is 3. The van der Waals surface area contributed by atoms with E-state index in [1.54, 1.807) is 35.4 Å². The Hall–Kier alpha value is -4.34. The van der Waals surface area contributed by atoms with E-state index < -0.39 is 17.7 Å². The van der Waals surface area contributed by atoms with Crippen LogP contribution in [-0.2, 0) is 4.79 Å². The van der Waals surface area contributed by atoms with Crippen LogP contribution < -0.4 is 15.5 Å². The van der Waals surface area contributed by atoms with Gasteiger partial charge in [0.25, 0.3) is 0 Å². The van der Waals surface area contributed by atoms with Gasteiger partial charge in [0.2, 0.25) is 12.4 Å². The van der Waals surface area contributed by atoms with Crippen LogP contribution in [0.25, 0.3) is 22.3 Å². The Labute approximate surface area is 186 Å². The number of anilines is 3. The molecular weight excluding hydrogens is 430 g/mol. The van der Waals surface area contributed by atoms with Gasteiger partial charge in [-0.15, -0.1) is 0 Å². The van der Waals surface area contributed by atoms with Crippen molar-refractivity contribution in [3.8, 4) is 11.3 Å². The normalized spacial score (nSPS) is 13.0. The van der Waals surface area contributed by atoms with Crippen molar-refractivity contribution in [3.05, 3.63) is 66.4 Å². The lowest BCUT2D eigenvalue weighted by atomic mass is 10.1. The van der Waals surface area contributed by atoms with E-state index in [9.17, 15) is 18.4 Å². The van der Waals surface area contributed by atoms with Crippen molar-refractivity contribution in [2.24, 2.45) is 0 Å². The molecule has 0 unspecified atom stereocenters. The molecule has 2 aromatic heterocycles. The summed E-state index contributed by atoms with van der Waals surface area (Å²) in [6, 6.07) is 11.4. The number of carbonyl (C=O) groups excluding carboxylic acids is 2. The summed E-state index contributed by atoms with van der Waals surface area (Å²) in [5, 5.41) is 5.89. The number of amides is 3. The van der Waals surface area contributed by atoms with Crippen LogP contribution in [0.2, 0.25) is 0 Å². The zero-order chi connectivity index (χ0) is 22.9. The van der Waals surface area contributed by atoms with E-state index in [2.05, 4.69) is 25.6 Å². The van der Waals surface area contributed by atoms with E-state index >= 15 is 0 Å². The Morgan fingerprint density at radius 2 is 1.73 bits per heavy atom. The van der Waals surface area contributed by atoms with Crippen LogP contribution in [0, 0.1) is 11.6 Å². The number of nitrogens with zero attached hydrogens (tertiary/aromatic N) is 3. The molecule has 3 N–H and O–H groups in total. The van der Waals surface area contributed by atoms with Crippen LogP contribution in [-0.4, -0.2) is 33.4 Å². The smallest absolute Gasteiger partial charge is 0.323 e. The van der Waals surface area contributed by atoms with Crippen LogP contribution in [0.5, 0.6) is 0 Å². The molecule has 10 heteroatoms. The Kier molecular flexibility index (Phi) is 5.17. The summed E-state index contributed by atoms with van der Waals surface area (Å²) in [4.78, 5) is 37.5. The lowest BCUT2D eigenvalue weighted by molar-refractivity contribution is -0.107. The lowest BCUT2D eigenvalue weighted by Gasteiger charge is -2.15. The summed E-state index contributed by atoms with van der Waals surface area (Å²) in [6.45, 7) is 0. The van der Waals surface area contributed by atoms with E-state index in [-0.39, 0.29) is 11.7 Å². The van der Waals surface area contributed by atoms with Crippen molar-refractivity contribution in [1.29, 1.82) is 0 Å². The minimum absolute atomic E-state index is 0.127. The maximum atomic E-state index is 13.3. The van der Waals surface area contributed by atoms with Crippen LogP contribution >= 0.6 is 0 Å². The van der Waals surface area contributed by atoms with Crippen LogP contribution in [0.1, 0.15) is 12.8 Å². The zero-order valence-corrected chi connectivity index (χ0v) is 17.2. The summed E-state index contributed by atoms with van der Waals surface area (Å²) in [5.41, 5.74) is 2.67. The maximum Gasteiger partial charge on any atom is 0.323 e. The fraction of sp³-hybridized carbons (Fsp3) is 0.130. The molecule has 4 aromatic rings. The highest BCUT2D eigenvalue weighted by molar-refractivity contribution is 6.00. The van der Waals surface area contributed by atoms with Gasteiger partial charge >= 0.3 is 6.03 Å². The molecule has 0 atom stereocenters. The summed E-state index contributed by atoms with van der Waals surface area (Å²) in [6.07, 6.45) is 4.36. The zero-order valence-electron chi connectivity index (χ0n) is 17.2. The van der Waals surface area contributed by atoms with E-state index in [0.717, 1.165) is 42.3 Å². The van der Waals surface area contributed by atoms with Gasteiger partial charge < -0.3 is 15.6 Å². The Bertz CT molecular complexity index is 1350. The number of aromatic nitrogens is 3. The van der Waals surface area contributed by atoms with E-state index in [4.69, 9.17) is 0 Å². The Morgan fingerprint density at radius 1 is 1.00 bits per heavy atom. The number of rotatable bonds is 6. The van der Waals surface area contributed by atoms with Gasteiger partial charge in [-0.2, -0.15) is 4.98 Å². The quantitative estimate of drug-likeness (QED) is 0.373. The van der Waals surface area contributed by atoms with Gasteiger partial charge in [-0.05, 0) is 43.2 Å². The van der Waals surface area contributed by atoms with Gasteiger partial charge in [-0.1, -0.05) is 12.1 Å². The number of fused-ring (bicyclic) bond motifs is 1. The molecule has 0 bridgehead atoms. The molecule has 1 saturated carbocycles. The van der Waals surface area contributed by atoms with Gasteiger partial charge in [-0.25, -0.2) is 18.6 Å². The first-order chi connectivity index (χ1) is 16.0. The highest BCUT2D eigenvalue weighted by Crippen LogP contribution is 2.33. The molecule has 8 nitrogen and oxygen atoms in total. The first-order valence-electron chi connectivity index (χ1n) is 10.2. The number of benzene rings is 2. The summed E-state index contributed by atoms with van der Waals surface area (Å²) in [5.74, 6) is -1.70. The highest BCUT2D eigenvalue weighted by Gasteiger charge is 2.31. The number of aromatic amines is 1. The molecular formula is C23H18F2N6O2. The summed E-state index contributed by atoms with van der Waals surface area (Å²) < 4.78 is 26.4. The average Bonchev–Trinajstić information content (AvgIpc) is 3.52. The second kappa shape index (κ2) is 8.30. The predicted molar refractivity (Wildman–Crippen MR) is 120 cm³/mol. The van der Waals surface area contributed by atoms with Crippen LogP contribution in [0.15, 0.2) is 54.7 Å². The molecule has 166 valence electrons.